The van der Waals surface area contributed by atoms with Gasteiger partial charge in [-0.15, -0.1) is 5.10 Å². The fraction of sp³-hybridized carbons (Fsp3) is 0.667. The number of nitrogens with one attached hydrogen (secondary N) is 1. The van der Waals surface area contributed by atoms with Crippen LogP contribution in [0.3, 0.4) is 0 Å². The van der Waals surface area contributed by atoms with Crippen molar-refractivity contribution in [3.63, 3.8) is 0 Å². The van der Waals surface area contributed by atoms with Gasteiger partial charge in [0.1, 0.15) is 5.82 Å². The van der Waals surface area contributed by atoms with Crippen molar-refractivity contribution in [1.29, 1.82) is 0 Å². The maximum atomic E-state index is 5.32. The molecule has 11 heavy (non-hydrogen) atoms. The molecule has 0 unspecified atom stereocenters. The molecule has 0 fully saturated rings. The van der Waals surface area contributed by atoms with Crippen molar-refractivity contribution in [1.82, 2.24) is 15.2 Å². The van der Waals surface area contributed by atoms with Gasteiger partial charge in [-0.1, -0.05) is 0 Å². The van der Waals surface area contributed by atoms with Crippen molar-refractivity contribution >= 4 is 0 Å². The minimum absolute atomic E-state index is 0.399. The maximum absolute atomic E-state index is 5.32. The topological polar surface area (TPSA) is 76.8 Å². The molecule has 0 saturated carbocycles. The average Bonchev–Trinajstić information content (AvgIpc) is 2.38. The van der Waals surface area contributed by atoms with Gasteiger partial charge in [-0.25, -0.2) is 0 Å². The molecule has 0 aliphatic carbocycles. The molecular formula is C6H12N4O. The number of aromatic nitrogens is 3. The van der Waals surface area contributed by atoms with Gasteiger partial charge >= 0.3 is 6.01 Å². The smallest absolute Gasteiger partial charge is 0.335 e. The van der Waals surface area contributed by atoms with E-state index in [1.54, 1.807) is 0 Å². The van der Waals surface area contributed by atoms with Crippen LogP contribution in [0.5, 0.6) is 6.01 Å². The van der Waals surface area contributed by atoms with Gasteiger partial charge in [0.2, 0.25) is 0 Å². The van der Waals surface area contributed by atoms with Crippen molar-refractivity contribution in [3.8, 4) is 6.01 Å². The van der Waals surface area contributed by atoms with Gasteiger partial charge in [-0.05, 0) is 13.5 Å². The van der Waals surface area contributed by atoms with E-state index < -0.39 is 0 Å². The highest BCUT2D eigenvalue weighted by molar-refractivity contribution is 4.95. The highest BCUT2D eigenvalue weighted by Gasteiger charge is 2.00. The Kier molecular flexibility index (Phi) is 2.85. The van der Waals surface area contributed by atoms with Crippen molar-refractivity contribution in [3.05, 3.63) is 5.82 Å². The van der Waals surface area contributed by atoms with E-state index >= 15 is 0 Å². The second-order valence-electron chi connectivity index (χ2n) is 2.04. The predicted molar refractivity (Wildman–Crippen MR) is 40.3 cm³/mol. The summed E-state index contributed by atoms with van der Waals surface area (Å²) < 4.78 is 5.04. The van der Waals surface area contributed by atoms with Gasteiger partial charge < -0.3 is 10.5 Å². The van der Waals surface area contributed by atoms with Crippen LogP contribution in [0.2, 0.25) is 0 Å². The second kappa shape index (κ2) is 3.92. The number of aromatic amines is 1. The van der Waals surface area contributed by atoms with Crippen molar-refractivity contribution in [2.45, 2.75) is 13.3 Å². The molecule has 62 valence electrons. The molecule has 5 nitrogen and oxygen atoms in total. The molecule has 1 aromatic rings. The third-order valence-corrected chi connectivity index (χ3v) is 1.17. The molecule has 5 heteroatoms. The first kappa shape index (κ1) is 8.00. The summed E-state index contributed by atoms with van der Waals surface area (Å²) in [6.07, 6.45) is 0.708. The Morgan fingerprint density at radius 3 is 3.09 bits per heavy atom. The van der Waals surface area contributed by atoms with E-state index in [-0.39, 0.29) is 0 Å². The van der Waals surface area contributed by atoms with Crippen molar-refractivity contribution in [2.75, 3.05) is 13.2 Å². The molecule has 0 saturated heterocycles. The normalized spacial score (nSPS) is 10.0. The van der Waals surface area contributed by atoms with Crippen LogP contribution in [0.25, 0.3) is 0 Å². The second-order valence-corrected chi connectivity index (χ2v) is 2.04. The minimum Gasteiger partial charge on any atom is -0.463 e. The quantitative estimate of drug-likeness (QED) is 0.627. The molecule has 0 aromatic carbocycles. The summed E-state index contributed by atoms with van der Waals surface area (Å²) in [6.45, 7) is 3.04. The first-order chi connectivity index (χ1) is 5.36. The molecule has 0 atom stereocenters. The lowest BCUT2D eigenvalue weighted by Gasteiger charge is -1.91. The summed E-state index contributed by atoms with van der Waals surface area (Å²) in [5.41, 5.74) is 5.32. The molecular weight excluding hydrogens is 144 g/mol. The molecule has 0 aliphatic rings. The SMILES string of the molecule is CCOc1n[nH]c(CCN)n1. The standard InChI is InChI=1S/C6H12N4O/c1-2-11-6-8-5(3-4-7)9-10-6/h2-4,7H2,1H3,(H,8,9,10). The molecule has 1 heterocycles. The van der Waals surface area contributed by atoms with Crippen LogP contribution in [0, 0.1) is 0 Å². The van der Waals surface area contributed by atoms with Gasteiger partial charge in [0.05, 0.1) is 6.61 Å². The minimum atomic E-state index is 0.399. The van der Waals surface area contributed by atoms with Crippen LogP contribution >= 0.6 is 0 Å². The molecule has 1 aromatic heterocycles. The van der Waals surface area contributed by atoms with E-state index in [1.807, 2.05) is 6.92 Å². The lowest BCUT2D eigenvalue weighted by atomic mass is 10.4. The van der Waals surface area contributed by atoms with Crippen LogP contribution in [-0.4, -0.2) is 28.3 Å². The lowest BCUT2D eigenvalue weighted by molar-refractivity contribution is 0.313. The number of rotatable bonds is 4. The monoisotopic (exact) mass is 156 g/mol. The Labute approximate surface area is 65.0 Å². The summed E-state index contributed by atoms with van der Waals surface area (Å²) in [7, 11) is 0. The largest absolute Gasteiger partial charge is 0.463 e. The van der Waals surface area contributed by atoms with E-state index in [0.717, 1.165) is 5.82 Å². The van der Waals surface area contributed by atoms with Gasteiger partial charge in [-0.3, -0.25) is 5.10 Å². The highest BCUT2D eigenvalue weighted by atomic mass is 16.5. The molecule has 0 radical (unpaired) electrons. The van der Waals surface area contributed by atoms with Crippen molar-refractivity contribution in [2.24, 2.45) is 5.73 Å². The van der Waals surface area contributed by atoms with Gasteiger partial charge in [0.15, 0.2) is 0 Å². The Morgan fingerprint density at radius 1 is 1.64 bits per heavy atom. The van der Waals surface area contributed by atoms with Crippen LogP contribution in [0.4, 0.5) is 0 Å². The van der Waals surface area contributed by atoms with Crippen molar-refractivity contribution < 1.29 is 4.74 Å². The molecule has 0 aliphatic heterocycles. The van der Waals surface area contributed by atoms with E-state index in [9.17, 15) is 0 Å². The van der Waals surface area contributed by atoms with E-state index in [2.05, 4.69) is 15.2 Å². The zero-order valence-electron chi connectivity index (χ0n) is 6.50. The summed E-state index contributed by atoms with van der Waals surface area (Å²) in [5, 5.41) is 6.54. The summed E-state index contributed by atoms with van der Waals surface area (Å²) in [4.78, 5) is 4.02. The Morgan fingerprint density at radius 2 is 2.45 bits per heavy atom. The Hall–Kier alpha value is -1.10. The first-order valence-corrected chi connectivity index (χ1v) is 3.61. The first-order valence-electron chi connectivity index (χ1n) is 3.61. The zero-order valence-corrected chi connectivity index (χ0v) is 6.50. The fourth-order valence-electron chi connectivity index (χ4n) is 0.720. The van der Waals surface area contributed by atoms with E-state index in [4.69, 9.17) is 10.5 Å². The highest BCUT2D eigenvalue weighted by Crippen LogP contribution is 2.00. The third-order valence-electron chi connectivity index (χ3n) is 1.17. The predicted octanol–water partition coefficient (Wildman–Crippen LogP) is -0.295. The Balaban J connectivity index is 2.51. The molecule has 0 bridgehead atoms. The zero-order chi connectivity index (χ0) is 8.10. The van der Waals surface area contributed by atoms with Gasteiger partial charge in [-0.2, -0.15) is 4.98 Å². The van der Waals surface area contributed by atoms with Crippen LogP contribution < -0.4 is 10.5 Å². The number of hydrogen-bond acceptors (Lipinski definition) is 4. The maximum Gasteiger partial charge on any atom is 0.335 e. The number of H-pyrrole nitrogens is 1. The molecule has 0 amide bonds. The van der Waals surface area contributed by atoms with Crippen LogP contribution in [0.15, 0.2) is 0 Å². The summed E-state index contributed by atoms with van der Waals surface area (Å²) in [6, 6.07) is 0.399. The third kappa shape index (κ3) is 2.19. The average molecular weight is 156 g/mol. The summed E-state index contributed by atoms with van der Waals surface area (Å²) >= 11 is 0. The molecule has 3 N–H and O–H groups in total. The lowest BCUT2D eigenvalue weighted by Crippen LogP contribution is -2.04. The summed E-state index contributed by atoms with van der Waals surface area (Å²) in [5.74, 6) is 0.774. The van der Waals surface area contributed by atoms with Crippen LogP contribution in [0.1, 0.15) is 12.7 Å². The van der Waals surface area contributed by atoms with Gasteiger partial charge in [0, 0.05) is 6.42 Å². The molecule has 0 spiro atoms. The number of hydrogen-bond donors (Lipinski definition) is 2. The number of nitrogens with two attached hydrogens (primary N) is 1. The number of ether oxygens (including phenoxy) is 1. The Bertz CT molecular complexity index is 190. The fourth-order valence-corrected chi connectivity index (χ4v) is 0.720. The molecule has 1 rings (SSSR count). The van der Waals surface area contributed by atoms with E-state index in [1.165, 1.54) is 0 Å². The van der Waals surface area contributed by atoms with Crippen LogP contribution in [-0.2, 0) is 6.42 Å². The number of nitrogens with zero attached hydrogens (tertiary/aromatic N) is 2. The van der Waals surface area contributed by atoms with Gasteiger partial charge in [0.25, 0.3) is 0 Å². The van der Waals surface area contributed by atoms with E-state index in [0.29, 0.717) is 25.6 Å².